The van der Waals surface area contributed by atoms with E-state index in [1.165, 1.54) is 6.40 Å². The molecule has 66 valence electrons. The van der Waals surface area contributed by atoms with Gasteiger partial charge in [-0.2, -0.15) is 0 Å². The second-order valence-electron chi connectivity index (χ2n) is 2.35. The second-order valence-corrected chi connectivity index (χ2v) is 2.35. The Morgan fingerprint density at radius 2 is 2.00 bits per heavy atom. The first-order valence-corrected chi connectivity index (χ1v) is 3.71. The molecule has 2 aliphatic heterocycles. The van der Waals surface area contributed by atoms with Gasteiger partial charge in [0.1, 0.15) is 6.61 Å². The lowest BCUT2D eigenvalue weighted by atomic mass is 10.4. The highest BCUT2D eigenvalue weighted by Crippen LogP contribution is 1.95. The summed E-state index contributed by atoms with van der Waals surface area (Å²) in [5.74, 6) is -0.296. The highest BCUT2D eigenvalue weighted by Gasteiger charge is 2.15. The molecule has 0 bridgehead atoms. The van der Waals surface area contributed by atoms with Crippen LogP contribution in [0.4, 0.5) is 0 Å². The minimum Gasteiger partial charge on any atom is -0.482 e. The molecule has 0 radical (unpaired) electrons. The summed E-state index contributed by atoms with van der Waals surface area (Å²) in [5, 5.41) is 2.14. The predicted octanol–water partition coefficient (Wildman–Crippen LogP) is -0.532. The quantitative estimate of drug-likeness (QED) is 0.497. The van der Waals surface area contributed by atoms with Gasteiger partial charge in [-0.15, -0.1) is 0 Å². The van der Waals surface area contributed by atoms with Crippen molar-refractivity contribution in [2.45, 2.75) is 12.8 Å². The van der Waals surface area contributed by atoms with E-state index in [2.05, 4.69) is 15.0 Å². The summed E-state index contributed by atoms with van der Waals surface area (Å²) in [6.07, 6.45) is 2.23. The van der Waals surface area contributed by atoms with Crippen LogP contribution in [0.15, 0.2) is 4.99 Å². The smallest absolute Gasteiger partial charge is 0.227 e. The summed E-state index contributed by atoms with van der Waals surface area (Å²) >= 11 is 0. The van der Waals surface area contributed by atoms with Gasteiger partial charge in [0, 0.05) is 12.8 Å². The van der Waals surface area contributed by atoms with Crippen LogP contribution >= 0.6 is 0 Å². The number of rotatable bonds is 0. The van der Waals surface area contributed by atoms with Crippen LogP contribution < -0.4 is 5.32 Å². The summed E-state index contributed by atoms with van der Waals surface area (Å²) in [5.41, 5.74) is 0. The molecule has 0 spiro atoms. The molecule has 0 saturated carbocycles. The Labute approximate surface area is 69.8 Å². The Hall–Kier alpha value is -1.39. The number of hydrogen-bond acceptors (Lipinski definition) is 4. The van der Waals surface area contributed by atoms with Crippen molar-refractivity contribution < 1.29 is 14.3 Å². The molecule has 5 nitrogen and oxygen atoms in total. The van der Waals surface area contributed by atoms with Gasteiger partial charge in [0.2, 0.25) is 11.8 Å². The van der Waals surface area contributed by atoms with Gasteiger partial charge in [-0.3, -0.25) is 19.9 Å². The third-order valence-electron chi connectivity index (χ3n) is 1.35. The Bertz CT molecular complexity index is 193. The first-order chi connectivity index (χ1) is 5.79. The van der Waals surface area contributed by atoms with E-state index in [0.717, 1.165) is 13.2 Å². The highest BCUT2D eigenvalue weighted by molar-refractivity contribution is 6.01. The van der Waals surface area contributed by atoms with E-state index >= 15 is 0 Å². The number of carbonyl (C=O) groups excluding carboxylic acids is 2. The first-order valence-electron chi connectivity index (χ1n) is 3.71. The number of nitrogens with one attached hydrogen (secondary N) is 1. The molecule has 1 N–H and O–H groups in total. The lowest BCUT2D eigenvalue weighted by molar-refractivity contribution is -0.124. The van der Waals surface area contributed by atoms with Crippen molar-refractivity contribution in [3.63, 3.8) is 0 Å². The topological polar surface area (TPSA) is 67.8 Å². The zero-order chi connectivity index (χ0) is 8.81. The van der Waals surface area contributed by atoms with Gasteiger partial charge in [-0.05, 0) is 0 Å². The van der Waals surface area contributed by atoms with Gasteiger partial charge < -0.3 is 4.74 Å². The maximum Gasteiger partial charge on any atom is 0.227 e. The summed E-state index contributed by atoms with van der Waals surface area (Å²) in [6.45, 7) is 1.62. The minimum absolute atomic E-state index is 0.148. The molecule has 0 aromatic heterocycles. The molecular weight excluding hydrogens is 160 g/mol. The van der Waals surface area contributed by atoms with E-state index < -0.39 is 0 Å². The summed E-state index contributed by atoms with van der Waals surface area (Å²) in [7, 11) is 0. The second kappa shape index (κ2) is 4.48. The molecule has 2 heterocycles. The highest BCUT2D eigenvalue weighted by atomic mass is 16.5. The molecule has 0 aromatic rings. The van der Waals surface area contributed by atoms with Crippen molar-refractivity contribution in [3.05, 3.63) is 0 Å². The van der Waals surface area contributed by atoms with Crippen LogP contribution in [-0.4, -0.2) is 31.4 Å². The Morgan fingerprint density at radius 1 is 1.33 bits per heavy atom. The molecule has 1 saturated heterocycles. The molecule has 1 fully saturated rings. The molecular formula is C7H10N2O3. The van der Waals surface area contributed by atoms with Crippen LogP contribution in [0.2, 0.25) is 0 Å². The minimum atomic E-state index is -0.148. The van der Waals surface area contributed by atoms with Crippen LogP contribution in [0, 0.1) is 0 Å². The van der Waals surface area contributed by atoms with Gasteiger partial charge in [0.15, 0.2) is 6.40 Å². The molecule has 0 aliphatic carbocycles. The maximum absolute atomic E-state index is 10.1. The van der Waals surface area contributed by atoms with E-state index in [4.69, 9.17) is 0 Å². The van der Waals surface area contributed by atoms with Crippen molar-refractivity contribution in [2.75, 3.05) is 13.2 Å². The normalized spacial score (nSPS) is 19.7. The van der Waals surface area contributed by atoms with Crippen LogP contribution in [-0.2, 0) is 14.3 Å². The monoisotopic (exact) mass is 170 g/mol. The number of hydrogen-bond donors (Lipinski definition) is 1. The van der Waals surface area contributed by atoms with Crippen LogP contribution in [0.25, 0.3) is 0 Å². The lowest BCUT2D eigenvalue weighted by Gasteiger charge is -1.79. The average molecular weight is 170 g/mol. The van der Waals surface area contributed by atoms with Gasteiger partial charge in [-0.25, -0.2) is 0 Å². The van der Waals surface area contributed by atoms with Crippen molar-refractivity contribution in [2.24, 2.45) is 4.99 Å². The van der Waals surface area contributed by atoms with Crippen molar-refractivity contribution in [1.82, 2.24) is 5.32 Å². The van der Waals surface area contributed by atoms with Crippen molar-refractivity contribution in [3.8, 4) is 0 Å². The number of nitrogens with zero attached hydrogens (tertiary/aromatic N) is 1. The summed E-state index contributed by atoms with van der Waals surface area (Å²) in [4.78, 5) is 24.0. The van der Waals surface area contributed by atoms with Gasteiger partial charge in [0.25, 0.3) is 0 Å². The van der Waals surface area contributed by atoms with E-state index in [1.54, 1.807) is 0 Å². The third-order valence-corrected chi connectivity index (χ3v) is 1.35. The Kier molecular flexibility index (Phi) is 3.25. The number of carbonyl (C=O) groups is 2. The molecule has 0 aromatic carbocycles. The lowest BCUT2D eigenvalue weighted by Crippen LogP contribution is -2.18. The number of imide groups is 1. The Morgan fingerprint density at radius 3 is 2.17 bits per heavy atom. The molecule has 0 unspecified atom stereocenters. The van der Waals surface area contributed by atoms with Crippen LogP contribution in [0.3, 0.4) is 0 Å². The van der Waals surface area contributed by atoms with Crippen LogP contribution in [0.1, 0.15) is 12.8 Å². The average Bonchev–Trinajstić information content (AvgIpc) is 2.63. The van der Waals surface area contributed by atoms with Crippen molar-refractivity contribution in [1.29, 1.82) is 0 Å². The van der Waals surface area contributed by atoms with E-state index in [1.807, 2.05) is 0 Å². The fraction of sp³-hybridized carbons (Fsp3) is 0.571. The molecule has 2 aliphatic rings. The van der Waals surface area contributed by atoms with E-state index in [9.17, 15) is 9.59 Å². The molecule has 2 rings (SSSR count). The van der Waals surface area contributed by atoms with Crippen molar-refractivity contribution >= 4 is 18.2 Å². The largest absolute Gasteiger partial charge is 0.482 e. The third kappa shape index (κ3) is 3.14. The van der Waals surface area contributed by atoms with Gasteiger partial charge >= 0.3 is 0 Å². The predicted molar refractivity (Wildman–Crippen MR) is 41.7 cm³/mol. The van der Waals surface area contributed by atoms with Crippen LogP contribution in [0.5, 0.6) is 0 Å². The molecule has 12 heavy (non-hydrogen) atoms. The molecule has 2 amide bonds. The van der Waals surface area contributed by atoms with Gasteiger partial charge in [-0.1, -0.05) is 0 Å². The molecule has 0 atom stereocenters. The van der Waals surface area contributed by atoms with E-state index in [-0.39, 0.29) is 11.8 Å². The first kappa shape index (κ1) is 8.70. The Balaban J connectivity index is 0.000000127. The number of ether oxygens (including phenoxy) is 1. The van der Waals surface area contributed by atoms with E-state index in [0.29, 0.717) is 12.8 Å². The maximum atomic E-state index is 10.1. The summed E-state index contributed by atoms with van der Waals surface area (Å²) < 4.78 is 4.65. The fourth-order valence-corrected chi connectivity index (χ4v) is 0.771. The zero-order valence-corrected chi connectivity index (χ0v) is 6.58. The summed E-state index contributed by atoms with van der Waals surface area (Å²) in [6, 6.07) is 0. The van der Waals surface area contributed by atoms with Gasteiger partial charge in [0.05, 0.1) is 6.54 Å². The SMILES string of the molecule is C1=NCCO1.O=C1CCC(=O)N1. The number of amides is 2. The zero-order valence-electron chi connectivity index (χ0n) is 6.58. The standard InChI is InChI=1S/C4H5NO2.C3H5NO/c6-3-1-2-4(7)5-3;1-2-5-3-4-1/h1-2H2,(H,5,6,7);3H,1-2H2. The molecule has 5 heteroatoms. The fourth-order valence-electron chi connectivity index (χ4n) is 0.771. The number of aliphatic imine (C=N–C) groups is 1.